The molecule has 2 aromatic rings. The first-order valence-corrected chi connectivity index (χ1v) is 8.30. The third kappa shape index (κ3) is 5.04. The fourth-order valence-electron chi connectivity index (χ4n) is 2.47. The Bertz CT molecular complexity index is 720. The van der Waals surface area contributed by atoms with Gasteiger partial charge in [-0.1, -0.05) is 24.3 Å². The number of carbonyl (C=O) groups is 1. The molecule has 132 valence electrons. The molecule has 0 aromatic heterocycles. The third-order valence-corrected chi connectivity index (χ3v) is 3.70. The Morgan fingerprint density at radius 3 is 2.84 bits per heavy atom. The molecule has 0 aliphatic carbocycles. The van der Waals surface area contributed by atoms with Crippen LogP contribution in [0.3, 0.4) is 0 Å². The minimum Gasteiger partial charge on any atom is -0.492 e. The summed E-state index contributed by atoms with van der Waals surface area (Å²) in [6.45, 7) is 3.62. The van der Waals surface area contributed by atoms with Crippen LogP contribution in [0.15, 0.2) is 48.5 Å². The lowest BCUT2D eigenvalue weighted by Gasteiger charge is -2.26. The van der Waals surface area contributed by atoms with E-state index < -0.39 is 0 Å². The zero-order valence-corrected chi connectivity index (χ0v) is 14.2. The van der Waals surface area contributed by atoms with E-state index in [-0.39, 0.29) is 12.1 Å². The van der Waals surface area contributed by atoms with E-state index in [1.165, 1.54) is 0 Å². The van der Waals surface area contributed by atoms with Crippen molar-refractivity contribution < 1.29 is 19.0 Å². The summed E-state index contributed by atoms with van der Waals surface area (Å²) in [5.41, 5.74) is 1.14. The highest BCUT2D eigenvalue weighted by Gasteiger charge is 2.20. The molecule has 0 bridgehead atoms. The van der Waals surface area contributed by atoms with E-state index in [0.717, 1.165) is 17.1 Å². The highest BCUT2D eigenvalue weighted by atomic mass is 16.6. The highest BCUT2D eigenvalue weighted by Crippen LogP contribution is 2.30. The summed E-state index contributed by atoms with van der Waals surface area (Å²) < 4.78 is 17.0. The lowest BCUT2D eigenvalue weighted by atomic mass is 10.2. The predicted molar refractivity (Wildman–Crippen MR) is 94.4 cm³/mol. The molecule has 2 N–H and O–H groups in total. The molecule has 2 aromatic carbocycles. The highest BCUT2D eigenvalue weighted by molar-refractivity contribution is 5.73. The van der Waals surface area contributed by atoms with Crippen LogP contribution in [0.2, 0.25) is 0 Å². The lowest BCUT2D eigenvalue weighted by molar-refractivity contribution is 0.0918. The second kappa shape index (κ2) is 8.28. The zero-order valence-electron chi connectivity index (χ0n) is 14.2. The molecule has 6 heteroatoms. The van der Waals surface area contributed by atoms with Crippen molar-refractivity contribution >= 4 is 6.03 Å². The Morgan fingerprint density at radius 2 is 2.00 bits per heavy atom. The van der Waals surface area contributed by atoms with Gasteiger partial charge in [0.2, 0.25) is 0 Å². The van der Waals surface area contributed by atoms with E-state index in [9.17, 15) is 4.79 Å². The van der Waals surface area contributed by atoms with Crippen LogP contribution in [0.25, 0.3) is 0 Å². The van der Waals surface area contributed by atoms with Crippen LogP contribution in [0, 0.1) is 6.92 Å². The van der Waals surface area contributed by atoms with E-state index in [0.29, 0.717) is 32.1 Å². The monoisotopic (exact) mass is 342 g/mol. The molecular weight excluding hydrogens is 320 g/mol. The Hall–Kier alpha value is -2.89. The van der Waals surface area contributed by atoms with Crippen LogP contribution >= 0.6 is 0 Å². The Labute approximate surface area is 147 Å². The molecule has 6 nitrogen and oxygen atoms in total. The number of rotatable bonds is 6. The number of nitrogens with one attached hydrogen (secondary N) is 2. The smallest absolute Gasteiger partial charge is 0.315 e. The van der Waals surface area contributed by atoms with Crippen molar-refractivity contribution in [2.75, 3.05) is 26.3 Å². The molecule has 0 fully saturated rings. The van der Waals surface area contributed by atoms with Crippen molar-refractivity contribution in [2.24, 2.45) is 0 Å². The number of carbonyl (C=O) groups excluding carboxylic acids is 1. The van der Waals surface area contributed by atoms with Gasteiger partial charge in [-0.2, -0.15) is 0 Å². The first kappa shape index (κ1) is 17.0. The second-order valence-corrected chi connectivity index (χ2v) is 5.80. The number of benzene rings is 2. The standard InChI is InChI=1S/C19H22N2O4/c1-14-5-4-6-15(11-14)23-10-9-20-19(22)21-12-16-13-24-17-7-2-3-8-18(17)25-16/h2-8,11,16H,9-10,12-13H2,1H3,(H2,20,21,22)/t16-/m0/s1. The van der Waals surface area contributed by atoms with E-state index >= 15 is 0 Å². The number of ether oxygens (including phenoxy) is 3. The van der Waals surface area contributed by atoms with Crippen molar-refractivity contribution in [3.05, 3.63) is 54.1 Å². The normalized spacial score (nSPS) is 15.3. The number of fused-ring (bicyclic) bond motifs is 1. The van der Waals surface area contributed by atoms with Crippen LogP contribution in [-0.4, -0.2) is 38.4 Å². The van der Waals surface area contributed by atoms with E-state index in [2.05, 4.69) is 10.6 Å². The molecule has 1 aliphatic rings. The largest absolute Gasteiger partial charge is 0.492 e. The fourth-order valence-corrected chi connectivity index (χ4v) is 2.47. The Balaban J connectivity index is 1.32. The molecular formula is C19H22N2O4. The topological polar surface area (TPSA) is 68.8 Å². The molecule has 0 spiro atoms. The van der Waals surface area contributed by atoms with Crippen molar-refractivity contribution in [3.63, 3.8) is 0 Å². The number of para-hydroxylation sites is 2. The Kier molecular flexibility index (Phi) is 5.61. The number of urea groups is 1. The first-order valence-electron chi connectivity index (χ1n) is 8.30. The van der Waals surface area contributed by atoms with Gasteiger partial charge in [0.15, 0.2) is 17.6 Å². The second-order valence-electron chi connectivity index (χ2n) is 5.80. The van der Waals surface area contributed by atoms with Gasteiger partial charge in [-0.15, -0.1) is 0 Å². The van der Waals surface area contributed by atoms with Crippen LogP contribution in [0.4, 0.5) is 4.79 Å². The minimum atomic E-state index is -0.254. The number of aryl methyl sites for hydroxylation is 1. The summed E-state index contributed by atoms with van der Waals surface area (Å²) in [5, 5.41) is 5.54. The van der Waals surface area contributed by atoms with Gasteiger partial charge in [-0.05, 0) is 36.8 Å². The van der Waals surface area contributed by atoms with Gasteiger partial charge < -0.3 is 24.8 Å². The van der Waals surface area contributed by atoms with Crippen molar-refractivity contribution in [3.8, 4) is 17.2 Å². The van der Waals surface area contributed by atoms with Gasteiger partial charge in [0.25, 0.3) is 0 Å². The van der Waals surface area contributed by atoms with Crippen molar-refractivity contribution in [1.82, 2.24) is 10.6 Å². The van der Waals surface area contributed by atoms with Gasteiger partial charge in [0, 0.05) is 0 Å². The van der Waals surface area contributed by atoms with E-state index in [1.54, 1.807) is 0 Å². The van der Waals surface area contributed by atoms with Crippen LogP contribution in [0.1, 0.15) is 5.56 Å². The molecule has 0 radical (unpaired) electrons. The number of amides is 2. The number of hydrogen-bond acceptors (Lipinski definition) is 4. The molecule has 2 amide bonds. The van der Waals surface area contributed by atoms with Gasteiger partial charge >= 0.3 is 6.03 Å². The summed E-state index contributed by atoms with van der Waals surface area (Å²) in [4.78, 5) is 11.8. The molecule has 25 heavy (non-hydrogen) atoms. The minimum absolute atomic E-state index is 0.204. The predicted octanol–water partition coefficient (Wildman–Crippen LogP) is 2.51. The summed E-state index contributed by atoms with van der Waals surface area (Å²) in [5.74, 6) is 2.23. The van der Waals surface area contributed by atoms with Gasteiger partial charge in [-0.3, -0.25) is 0 Å². The summed E-state index contributed by atoms with van der Waals surface area (Å²) in [6, 6.07) is 15.0. The average Bonchev–Trinajstić information content (AvgIpc) is 2.63. The fraction of sp³-hybridized carbons (Fsp3) is 0.316. The molecule has 1 heterocycles. The molecule has 1 atom stereocenters. The maximum atomic E-state index is 11.8. The van der Waals surface area contributed by atoms with Crippen LogP contribution < -0.4 is 24.8 Å². The van der Waals surface area contributed by atoms with Gasteiger partial charge in [-0.25, -0.2) is 4.79 Å². The summed E-state index contributed by atoms with van der Waals surface area (Å²) in [6.07, 6.45) is -0.204. The zero-order chi connectivity index (χ0) is 17.5. The van der Waals surface area contributed by atoms with E-state index in [4.69, 9.17) is 14.2 Å². The van der Waals surface area contributed by atoms with Crippen molar-refractivity contribution in [1.29, 1.82) is 0 Å². The SMILES string of the molecule is Cc1cccc(OCCNC(=O)NC[C@H]2COc3ccccc3O2)c1. The molecule has 1 aliphatic heterocycles. The average molecular weight is 342 g/mol. The Morgan fingerprint density at radius 1 is 1.16 bits per heavy atom. The quantitative estimate of drug-likeness (QED) is 0.792. The van der Waals surface area contributed by atoms with Crippen LogP contribution in [-0.2, 0) is 0 Å². The number of hydrogen-bond donors (Lipinski definition) is 2. The summed E-state index contributed by atoms with van der Waals surface area (Å²) in [7, 11) is 0. The van der Waals surface area contributed by atoms with E-state index in [1.807, 2.05) is 55.5 Å². The lowest BCUT2D eigenvalue weighted by Crippen LogP contribution is -2.45. The van der Waals surface area contributed by atoms with Gasteiger partial charge in [0.1, 0.15) is 19.0 Å². The maximum absolute atomic E-state index is 11.8. The third-order valence-electron chi connectivity index (χ3n) is 3.70. The molecule has 0 unspecified atom stereocenters. The van der Waals surface area contributed by atoms with Crippen LogP contribution in [0.5, 0.6) is 17.2 Å². The summed E-state index contributed by atoms with van der Waals surface area (Å²) >= 11 is 0. The maximum Gasteiger partial charge on any atom is 0.315 e. The van der Waals surface area contributed by atoms with Crippen molar-refractivity contribution in [2.45, 2.75) is 13.0 Å². The molecule has 3 rings (SSSR count). The molecule has 0 saturated heterocycles. The molecule has 0 saturated carbocycles. The first-order chi connectivity index (χ1) is 12.2. The van der Waals surface area contributed by atoms with Gasteiger partial charge in [0.05, 0.1) is 13.1 Å².